The van der Waals surface area contributed by atoms with Gasteiger partial charge in [-0.25, -0.2) is 4.98 Å². The Morgan fingerprint density at radius 3 is 2.92 bits per heavy atom. The van der Waals surface area contributed by atoms with Gasteiger partial charge < -0.3 is 4.98 Å². The van der Waals surface area contributed by atoms with Crippen molar-refractivity contribution in [2.45, 2.75) is 0 Å². The fourth-order valence-corrected chi connectivity index (χ4v) is 4.06. The standard InChI is InChI=1S/C19H11N3OS2/c20-8-13(7-14-11-25-19(22-14)12-5-6-24-10-12)18(23)16-9-21-17-4-2-1-3-15(16)17/h1-7,9-11,21H/b13-7-. The molecule has 0 aliphatic carbocycles. The maximum Gasteiger partial charge on any atom is 0.205 e. The number of hydrogen-bond donors (Lipinski definition) is 1. The number of Topliss-reactive ketones (excluding diaryl/α,β-unsaturated/α-hetero) is 1. The highest BCUT2D eigenvalue weighted by atomic mass is 32.1. The molecule has 120 valence electrons. The lowest BCUT2D eigenvalue weighted by Gasteiger charge is -1.97. The van der Waals surface area contributed by atoms with Crippen LogP contribution in [0.4, 0.5) is 0 Å². The second-order valence-corrected chi connectivity index (χ2v) is 6.97. The van der Waals surface area contributed by atoms with Gasteiger partial charge in [0, 0.05) is 39.0 Å². The minimum atomic E-state index is -0.301. The summed E-state index contributed by atoms with van der Waals surface area (Å²) in [6, 6.07) is 11.5. The number of allylic oxidation sites excluding steroid dienone is 1. The summed E-state index contributed by atoms with van der Waals surface area (Å²) in [5.74, 6) is -0.301. The second-order valence-electron chi connectivity index (χ2n) is 5.34. The number of carbonyl (C=O) groups is 1. The lowest BCUT2D eigenvalue weighted by Crippen LogP contribution is -2.01. The summed E-state index contributed by atoms with van der Waals surface area (Å²) in [5.41, 5.74) is 3.12. The van der Waals surface area contributed by atoms with Crippen LogP contribution in [-0.2, 0) is 0 Å². The van der Waals surface area contributed by atoms with E-state index < -0.39 is 0 Å². The Kier molecular flexibility index (Phi) is 4.02. The number of aromatic amines is 1. The number of fused-ring (bicyclic) bond motifs is 1. The van der Waals surface area contributed by atoms with Crippen molar-refractivity contribution in [3.8, 4) is 16.6 Å². The average molecular weight is 361 g/mol. The van der Waals surface area contributed by atoms with Gasteiger partial charge in [-0.15, -0.1) is 11.3 Å². The molecule has 0 spiro atoms. The van der Waals surface area contributed by atoms with Crippen molar-refractivity contribution in [2.75, 3.05) is 0 Å². The molecule has 4 rings (SSSR count). The van der Waals surface area contributed by atoms with Crippen molar-refractivity contribution in [3.63, 3.8) is 0 Å². The van der Waals surface area contributed by atoms with Crippen LogP contribution in [0, 0.1) is 11.3 Å². The first-order valence-electron chi connectivity index (χ1n) is 7.47. The van der Waals surface area contributed by atoms with Crippen LogP contribution in [0.3, 0.4) is 0 Å². The van der Waals surface area contributed by atoms with E-state index in [1.54, 1.807) is 23.6 Å². The number of hydrogen-bond acceptors (Lipinski definition) is 5. The molecule has 0 saturated carbocycles. The Morgan fingerprint density at radius 1 is 1.24 bits per heavy atom. The summed E-state index contributed by atoms with van der Waals surface area (Å²) in [4.78, 5) is 20.3. The van der Waals surface area contributed by atoms with Crippen LogP contribution in [-0.4, -0.2) is 15.8 Å². The molecule has 25 heavy (non-hydrogen) atoms. The minimum Gasteiger partial charge on any atom is -0.360 e. The lowest BCUT2D eigenvalue weighted by molar-refractivity contribution is 0.104. The zero-order valence-corrected chi connectivity index (χ0v) is 14.5. The molecule has 0 amide bonds. The zero-order chi connectivity index (χ0) is 17.2. The molecule has 0 saturated heterocycles. The highest BCUT2D eigenvalue weighted by Gasteiger charge is 2.17. The van der Waals surface area contributed by atoms with Crippen molar-refractivity contribution >= 4 is 45.4 Å². The van der Waals surface area contributed by atoms with E-state index in [0.29, 0.717) is 11.3 Å². The molecule has 1 aromatic carbocycles. The van der Waals surface area contributed by atoms with Crippen molar-refractivity contribution in [3.05, 3.63) is 69.5 Å². The molecule has 0 aliphatic rings. The van der Waals surface area contributed by atoms with Crippen LogP contribution in [0.1, 0.15) is 16.1 Å². The number of rotatable bonds is 4. The van der Waals surface area contributed by atoms with Crippen molar-refractivity contribution in [2.24, 2.45) is 0 Å². The van der Waals surface area contributed by atoms with Crippen LogP contribution >= 0.6 is 22.7 Å². The molecule has 3 aromatic heterocycles. The number of H-pyrrole nitrogens is 1. The van der Waals surface area contributed by atoms with E-state index in [-0.39, 0.29) is 11.4 Å². The molecule has 0 bridgehead atoms. The summed E-state index contributed by atoms with van der Waals surface area (Å²) in [6.45, 7) is 0. The van der Waals surface area contributed by atoms with Gasteiger partial charge in [0.25, 0.3) is 0 Å². The topological polar surface area (TPSA) is 69.5 Å². The van der Waals surface area contributed by atoms with E-state index in [2.05, 4.69) is 9.97 Å². The Balaban J connectivity index is 1.69. The molecule has 0 atom stereocenters. The first kappa shape index (κ1) is 15.5. The van der Waals surface area contributed by atoms with E-state index in [4.69, 9.17) is 0 Å². The molecule has 3 heterocycles. The van der Waals surface area contributed by atoms with Gasteiger partial charge in [0.1, 0.15) is 16.6 Å². The molecule has 6 heteroatoms. The number of ketones is 1. The quantitative estimate of drug-likeness (QED) is 0.311. The molecule has 0 fully saturated rings. The predicted octanol–water partition coefficient (Wildman–Crippen LogP) is 5.14. The van der Waals surface area contributed by atoms with Gasteiger partial charge in [-0.05, 0) is 23.6 Å². The van der Waals surface area contributed by atoms with E-state index >= 15 is 0 Å². The fraction of sp³-hybridized carbons (Fsp3) is 0. The van der Waals surface area contributed by atoms with Gasteiger partial charge >= 0.3 is 0 Å². The van der Waals surface area contributed by atoms with Crippen LogP contribution < -0.4 is 0 Å². The van der Waals surface area contributed by atoms with E-state index in [0.717, 1.165) is 21.5 Å². The zero-order valence-electron chi connectivity index (χ0n) is 12.9. The Bertz CT molecular complexity index is 1130. The summed E-state index contributed by atoms with van der Waals surface area (Å²) >= 11 is 3.10. The van der Waals surface area contributed by atoms with E-state index in [1.807, 2.05) is 52.5 Å². The number of aromatic nitrogens is 2. The van der Waals surface area contributed by atoms with Crippen LogP contribution in [0.5, 0.6) is 0 Å². The Labute approximate surface area is 151 Å². The molecule has 0 unspecified atom stereocenters. The lowest BCUT2D eigenvalue weighted by atomic mass is 10.0. The summed E-state index contributed by atoms with van der Waals surface area (Å²) in [6.07, 6.45) is 3.20. The van der Waals surface area contributed by atoms with Crippen LogP contribution in [0.25, 0.3) is 27.6 Å². The van der Waals surface area contributed by atoms with Crippen molar-refractivity contribution < 1.29 is 4.79 Å². The number of nitrogens with zero attached hydrogens (tertiary/aromatic N) is 2. The maximum atomic E-state index is 12.8. The first-order valence-corrected chi connectivity index (χ1v) is 9.29. The number of para-hydroxylation sites is 1. The number of nitriles is 1. The fourth-order valence-electron chi connectivity index (χ4n) is 2.57. The summed E-state index contributed by atoms with van der Waals surface area (Å²) in [7, 11) is 0. The second kappa shape index (κ2) is 6.48. The minimum absolute atomic E-state index is 0.0759. The largest absolute Gasteiger partial charge is 0.360 e. The normalized spacial score (nSPS) is 11.6. The van der Waals surface area contributed by atoms with Crippen molar-refractivity contribution in [1.82, 2.24) is 9.97 Å². The molecule has 0 aliphatic heterocycles. The third-order valence-electron chi connectivity index (χ3n) is 3.78. The molecule has 0 radical (unpaired) electrons. The third-order valence-corrected chi connectivity index (χ3v) is 5.37. The molecular weight excluding hydrogens is 350 g/mol. The number of thiazole rings is 1. The Hall–Kier alpha value is -3.01. The van der Waals surface area contributed by atoms with E-state index in [1.165, 1.54) is 11.3 Å². The first-order chi connectivity index (χ1) is 12.3. The number of benzene rings is 1. The van der Waals surface area contributed by atoms with Gasteiger partial charge in [0.15, 0.2) is 0 Å². The molecular formula is C19H11N3OS2. The highest BCUT2D eigenvalue weighted by molar-refractivity contribution is 7.14. The van der Waals surface area contributed by atoms with Gasteiger partial charge in [-0.2, -0.15) is 16.6 Å². The monoisotopic (exact) mass is 361 g/mol. The highest BCUT2D eigenvalue weighted by Crippen LogP contribution is 2.27. The van der Waals surface area contributed by atoms with Gasteiger partial charge in [-0.3, -0.25) is 4.79 Å². The molecule has 4 nitrogen and oxygen atoms in total. The van der Waals surface area contributed by atoms with Crippen LogP contribution in [0.15, 0.2) is 58.2 Å². The van der Waals surface area contributed by atoms with Gasteiger partial charge in [0.2, 0.25) is 5.78 Å². The Morgan fingerprint density at radius 2 is 2.12 bits per heavy atom. The smallest absolute Gasteiger partial charge is 0.205 e. The molecule has 4 aromatic rings. The maximum absolute atomic E-state index is 12.8. The van der Waals surface area contributed by atoms with Gasteiger partial charge in [0.05, 0.1) is 5.69 Å². The third kappa shape index (κ3) is 2.91. The number of carbonyl (C=O) groups excluding carboxylic acids is 1. The summed E-state index contributed by atoms with van der Waals surface area (Å²) in [5, 5.41) is 17.0. The average Bonchev–Trinajstić information content (AvgIpc) is 3.38. The summed E-state index contributed by atoms with van der Waals surface area (Å²) < 4.78 is 0. The predicted molar refractivity (Wildman–Crippen MR) is 102 cm³/mol. The van der Waals surface area contributed by atoms with Crippen molar-refractivity contribution in [1.29, 1.82) is 5.26 Å². The van der Waals surface area contributed by atoms with E-state index in [9.17, 15) is 10.1 Å². The number of nitrogens with one attached hydrogen (secondary N) is 1. The van der Waals surface area contributed by atoms with Gasteiger partial charge in [-0.1, -0.05) is 18.2 Å². The molecule has 1 N–H and O–H groups in total. The SMILES string of the molecule is N#C/C(=C/c1csc(-c2ccsc2)n1)C(=O)c1c[nH]c2ccccc12. The number of thiophene rings is 1. The van der Waals surface area contributed by atoms with Crippen LogP contribution in [0.2, 0.25) is 0 Å².